The van der Waals surface area contributed by atoms with Gasteiger partial charge in [0.25, 0.3) is 5.91 Å². The third kappa shape index (κ3) is 4.21. The molecular formula is C23H24F2N4OS. The lowest BCUT2D eigenvalue weighted by molar-refractivity contribution is -0.114. The Balaban J connectivity index is 1.25. The number of aromatic nitrogens is 2. The number of rotatable bonds is 6. The number of nitrogens with zero attached hydrogens (tertiary/aromatic N) is 3. The Hall–Kier alpha value is -2.74. The largest absolute Gasteiger partial charge is 0.363 e. The molecule has 1 aliphatic carbocycles. The molecule has 0 spiro atoms. The molecular weight excluding hydrogens is 418 g/mol. The Morgan fingerprint density at radius 3 is 2.77 bits per heavy atom. The van der Waals surface area contributed by atoms with E-state index in [1.165, 1.54) is 17.0 Å². The lowest BCUT2D eigenvalue weighted by Gasteiger charge is -2.35. The van der Waals surface area contributed by atoms with Gasteiger partial charge in [-0.2, -0.15) is 0 Å². The fourth-order valence-electron chi connectivity index (χ4n) is 4.63. The van der Waals surface area contributed by atoms with Gasteiger partial charge in [-0.1, -0.05) is 18.2 Å². The number of thiazole rings is 1. The fourth-order valence-corrected chi connectivity index (χ4v) is 5.38. The molecule has 0 bridgehead atoms. The predicted octanol–water partition coefficient (Wildman–Crippen LogP) is 5.58. The molecule has 2 fully saturated rings. The summed E-state index contributed by atoms with van der Waals surface area (Å²) in [5.41, 5.74) is 2.62. The number of anilines is 2. The average Bonchev–Trinajstić information content (AvgIpc) is 3.47. The molecule has 5 rings (SSSR count). The zero-order valence-corrected chi connectivity index (χ0v) is 17.8. The van der Waals surface area contributed by atoms with Crippen LogP contribution in [0, 0.1) is 5.92 Å². The first-order valence-corrected chi connectivity index (χ1v) is 11.5. The quantitative estimate of drug-likeness (QED) is 0.542. The molecule has 1 saturated heterocycles. The highest BCUT2D eigenvalue weighted by atomic mass is 32.1. The minimum absolute atomic E-state index is 0.0910. The predicted molar refractivity (Wildman–Crippen MR) is 118 cm³/mol. The van der Waals surface area contributed by atoms with Crippen LogP contribution in [-0.4, -0.2) is 27.9 Å². The van der Waals surface area contributed by atoms with Gasteiger partial charge in [-0.3, -0.25) is 10.1 Å². The van der Waals surface area contributed by atoms with E-state index in [1.807, 2.05) is 23.6 Å². The maximum atomic E-state index is 13.1. The summed E-state index contributed by atoms with van der Waals surface area (Å²) in [5.74, 6) is -2.90. The summed E-state index contributed by atoms with van der Waals surface area (Å²) in [7, 11) is 0. The third-order valence-electron chi connectivity index (χ3n) is 6.12. The van der Waals surface area contributed by atoms with Gasteiger partial charge in [-0.15, -0.1) is 11.3 Å². The van der Waals surface area contributed by atoms with E-state index in [0.29, 0.717) is 17.4 Å². The van der Waals surface area contributed by atoms with E-state index in [9.17, 15) is 13.6 Å². The average molecular weight is 443 g/mol. The summed E-state index contributed by atoms with van der Waals surface area (Å²) in [6, 6.07) is 14.0. The summed E-state index contributed by atoms with van der Waals surface area (Å²) in [4.78, 5) is 19.9. The molecule has 3 heterocycles. The lowest BCUT2D eigenvalue weighted by Crippen LogP contribution is -2.38. The number of hydrogen-bond acceptors (Lipinski definition) is 4. The number of carbonyl (C=O) groups is 1. The first kappa shape index (κ1) is 20.2. The molecule has 8 heteroatoms. The molecule has 1 aromatic carbocycles. The Morgan fingerprint density at radius 2 is 2.00 bits per heavy atom. The highest BCUT2D eigenvalue weighted by Crippen LogP contribution is 2.43. The highest BCUT2D eigenvalue weighted by molar-refractivity contribution is 7.14. The van der Waals surface area contributed by atoms with Crippen LogP contribution in [0.15, 0.2) is 54.0 Å². The Kier molecular flexibility index (Phi) is 5.25. The van der Waals surface area contributed by atoms with E-state index in [0.717, 1.165) is 25.1 Å². The van der Waals surface area contributed by atoms with Crippen LogP contribution >= 0.6 is 11.3 Å². The summed E-state index contributed by atoms with van der Waals surface area (Å²) >= 11 is 1.42. The second-order valence-electron chi connectivity index (χ2n) is 8.39. The van der Waals surface area contributed by atoms with Crippen LogP contribution in [0.25, 0.3) is 0 Å². The number of nitrogens with one attached hydrogen (secondary N) is 1. The van der Waals surface area contributed by atoms with Crippen LogP contribution < -0.4 is 10.2 Å². The van der Waals surface area contributed by atoms with Crippen molar-refractivity contribution in [1.82, 2.24) is 9.55 Å². The van der Waals surface area contributed by atoms with Gasteiger partial charge in [0, 0.05) is 43.2 Å². The van der Waals surface area contributed by atoms with Crippen LogP contribution in [-0.2, 0) is 6.54 Å². The molecule has 2 aromatic heterocycles. The number of alkyl halides is 2. The van der Waals surface area contributed by atoms with Gasteiger partial charge in [-0.25, -0.2) is 13.8 Å². The molecule has 3 aromatic rings. The van der Waals surface area contributed by atoms with Crippen molar-refractivity contribution in [2.45, 2.75) is 44.2 Å². The number of amides is 1. The third-order valence-corrected chi connectivity index (χ3v) is 6.89. The molecule has 1 aliphatic heterocycles. The van der Waals surface area contributed by atoms with Crippen LogP contribution in [0.2, 0.25) is 0 Å². The van der Waals surface area contributed by atoms with Gasteiger partial charge in [0.1, 0.15) is 5.69 Å². The van der Waals surface area contributed by atoms with Gasteiger partial charge in [0.2, 0.25) is 5.92 Å². The molecule has 2 aliphatic rings. The molecule has 0 radical (unpaired) electrons. The van der Waals surface area contributed by atoms with Gasteiger partial charge in [-0.05, 0) is 43.0 Å². The SMILES string of the molecule is O=C(Nc1nc(C2CCCN2c2ccccc2)cs1)c1cccn1CC1CC(F)(F)C1. The van der Waals surface area contributed by atoms with Crippen molar-refractivity contribution in [3.05, 3.63) is 65.4 Å². The molecule has 162 valence electrons. The normalized spacial score (nSPS) is 20.6. The van der Waals surface area contributed by atoms with Crippen molar-refractivity contribution in [1.29, 1.82) is 0 Å². The second kappa shape index (κ2) is 8.07. The van der Waals surface area contributed by atoms with E-state index >= 15 is 0 Å². The molecule has 31 heavy (non-hydrogen) atoms. The second-order valence-corrected chi connectivity index (χ2v) is 9.25. The Labute approximate surface area is 183 Å². The smallest absolute Gasteiger partial charge is 0.274 e. The van der Waals surface area contributed by atoms with Gasteiger partial charge >= 0.3 is 0 Å². The summed E-state index contributed by atoms with van der Waals surface area (Å²) in [6.07, 6.45) is 3.69. The fraction of sp³-hybridized carbons (Fsp3) is 0.391. The minimum atomic E-state index is -2.55. The van der Waals surface area contributed by atoms with Gasteiger partial charge < -0.3 is 9.47 Å². The van der Waals surface area contributed by atoms with Crippen LogP contribution in [0.3, 0.4) is 0 Å². The summed E-state index contributed by atoms with van der Waals surface area (Å²) in [6.45, 7) is 1.42. The Morgan fingerprint density at radius 1 is 1.19 bits per heavy atom. The van der Waals surface area contributed by atoms with Crippen molar-refractivity contribution in [2.75, 3.05) is 16.8 Å². The molecule has 5 nitrogen and oxygen atoms in total. The first-order valence-electron chi connectivity index (χ1n) is 10.6. The van der Waals surface area contributed by atoms with Crippen LogP contribution in [0.1, 0.15) is 47.9 Å². The van der Waals surface area contributed by atoms with Crippen molar-refractivity contribution < 1.29 is 13.6 Å². The monoisotopic (exact) mass is 442 g/mol. The number of halogens is 2. The summed E-state index contributed by atoms with van der Waals surface area (Å²) in [5, 5.41) is 5.46. The van der Waals surface area contributed by atoms with E-state index in [1.54, 1.807) is 22.9 Å². The van der Waals surface area contributed by atoms with Crippen molar-refractivity contribution >= 4 is 28.1 Å². The van der Waals surface area contributed by atoms with Crippen LogP contribution in [0.5, 0.6) is 0 Å². The van der Waals surface area contributed by atoms with E-state index < -0.39 is 5.92 Å². The maximum absolute atomic E-state index is 13.1. The first-order chi connectivity index (χ1) is 15.0. The van der Waals surface area contributed by atoms with Crippen molar-refractivity contribution in [3.63, 3.8) is 0 Å². The number of para-hydroxylation sites is 1. The molecule has 1 N–H and O–H groups in total. The van der Waals surface area contributed by atoms with E-state index in [-0.39, 0.29) is 30.7 Å². The highest BCUT2D eigenvalue weighted by Gasteiger charge is 2.45. The molecule has 1 saturated carbocycles. The van der Waals surface area contributed by atoms with E-state index in [4.69, 9.17) is 4.98 Å². The van der Waals surface area contributed by atoms with Crippen molar-refractivity contribution in [3.8, 4) is 0 Å². The lowest BCUT2D eigenvalue weighted by atomic mass is 9.81. The minimum Gasteiger partial charge on any atom is -0.363 e. The molecule has 1 amide bonds. The van der Waals surface area contributed by atoms with E-state index in [2.05, 4.69) is 22.3 Å². The standard InChI is InChI=1S/C23H24F2N4OS/c24-23(25)12-16(13-23)14-28-10-4-9-20(28)21(30)27-22-26-18(15-31-22)19-8-5-11-29(19)17-6-2-1-3-7-17/h1-4,6-7,9-10,15-16,19H,5,8,11-14H2,(H,26,27,30). The van der Waals surface area contributed by atoms with Gasteiger partial charge in [0.15, 0.2) is 5.13 Å². The summed E-state index contributed by atoms with van der Waals surface area (Å²) < 4.78 is 28.0. The number of carbonyl (C=O) groups excluding carboxylic acids is 1. The Bertz CT molecular complexity index is 1060. The van der Waals surface area contributed by atoms with Crippen LogP contribution in [0.4, 0.5) is 19.6 Å². The van der Waals surface area contributed by atoms with Crippen molar-refractivity contribution in [2.24, 2.45) is 5.92 Å². The van der Waals surface area contributed by atoms with Gasteiger partial charge in [0.05, 0.1) is 11.7 Å². The molecule has 1 atom stereocenters. The zero-order chi connectivity index (χ0) is 21.4. The number of hydrogen-bond donors (Lipinski definition) is 1. The molecule has 1 unspecified atom stereocenters. The number of benzene rings is 1. The topological polar surface area (TPSA) is 50.2 Å². The maximum Gasteiger partial charge on any atom is 0.274 e. The zero-order valence-electron chi connectivity index (χ0n) is 17.0.